The smallest absolute Gasteiger partial charge is 0.323 e. The number of nitrogens with two attached hydrogens (primary N) is 1. The minimum atomic E-state index is -0.605. The van der Waals surface area contributed by atoms with Gasteiger partial charge in [0.25, 0.3) is 0 Å². The lowest BCUT2D eigenvalue weighted by Crippen LogP contribution is -2.33. The molecule has 0 aliphatic heterocycles. The normalized spacial score (nSPS) is 12.2. The molecule has 0 aromatic rings. The zero-order valence-electron chi connectivity index (χ0n) is 7.91. The van der Waals surface area contributed by atoms with Crippen molar-refractivity contribution in [3.05, 3.63) is 0 Å². The molecular formula is C8H15NO3S. The molecule has 13 heavy (non-hydrogen) atoms. The number of thioether (sulfide) groups is 1. The third kappa shape index (κ3) is 6.60. The highest BCUT2D eigenvalue weighted by molar-refractivity contribution is 7.98. The summed E-state index contributed by atoms with van der Waals surface area (Å²) in [7, 11) is 0. The SMILES string of the molecule is CSCC[C@H](N)C(=O)OCC(C)=O. The highest BCUT2D eigenvalue weighted by Gasteiger charge is 2.14. The van der Waals surface area contributed by atoms with Crippen LogP contribution < -0.4 is 5.73 Å². The van der Waals surface area contributed by atoms with Gasteiger partial charge in [0.05, 0.1) is 0 Å². The Bertz CT molecular complexity index is 184. The van der Waals surface area contributed by atoms with Crippen LogP contribution >= 0.6 is 11.8 Å². The third-order valence-electron chi connectivity index (χ3n) is 1.35. The monoisotopic (exact) mass is 205 g/mol. The quantitative estimate of drug-likeness (QED) is 0.627. The molecule has 0 aliphatic rings. The maximum Gasteiger partial charge on any atom is 0.323 e. The Morgan fingerprint density at radius 3 is 2.62 bits per heavy atom. The Hall–Kier alpha value is -0.550. The Labute approximate surface area is 82.2 Å². The van der Waals surface area contributed by atoms with Crippen LogP contribution in [0, 0.1) is 0 Å². The van der Waals surface area contributed by atoms with Gasteiger partial charge in [0.2, 0.25) is 0 Å². The number of hydrogen-bond donors (Lipinski definition) is 1. The average Bonchev–Trinajstić information content (AvgIpc) is 2.10. The van der Waals surface area contributed by atoms with Crippen molar-refractivity contribution in [1.29, 1.82) is 0 Å². The second kappa shape index (κ2) is 6.91. The van der Waals surface area contributed by atoms with Gasteiger partial charge in [-0.1, -0.05) is 0 Å². The Morgan fingerprint density at radius 2 is 2.15 bits per heavy atom. The number of rotatable bonds is 6. The van der Waals surface area contributed by atoms with Crippen LogP contribution in [0.4, 0.5) is 0 Å². The topological polar surface area (TPSA) is 69.4 Å². The van der Waals surface area contributed by atoms with Gasteiger partial charge in [-0.2, -0.15) is 11.8 Å². The van der Waals surface area contributed by atoms with Crippen molar-refractivity contribution in [2.24, 2.45) is 5.73 Å². The maximum absolute atomic E-state index is 11.0. The second-order valence-corrected chi connectivity index (χ2v) is 3.68. The van der Waals surface area contributed by atoms with Crippen molar-refractivity contribution >= 4 is 23.5 Å². The lowest BCUT2D eigenvalue weighted by molar-refractivity contribution is -0.148. The molecule has 0 unspecified atom stereocenters. The molecule has 0 spiro atoms. The molecular weight excluding hydrogens is 190 g/mol. The molecule has 0 aromatic carbocycles. The molecule has 1 atom stereocenters. The van der Waals surface area contributed by atoms with Crippen LogP contribution in [0.2, 0.25) is 0 Å². The van der Waals surface area contributed by atoms with Crippen LogP contribution in [-0.2, 0) is 14.3 Å². The third-order valence-corrected chi connectivity index (χ3v) is 2.00. The van der Waals surface area contributed by atoms with Crippen LogP contribution in [-0.4, -0.2) is 36.4 Å². The van der Waals surface area contributed by atoms with E-state index in [2.05, 4.69) is 4.74 Å². The first-order chi connectivity index (χ1) is 6.07. The minimum absolute atomic E-state index is 0.175. The summed E-state index contributed by atoms with van der Waals surface area (Å²) in [6, 6.07) is -0.605. The zero-order chi connectivity index (χ0) is 10.3. The molecule has 0 fully saturated rings. The lowest BCUT2D eigenvalue weighted by Gasteiger charge is -2.09. The van der Waals surface area contributed by atoms with E-state index in [4.69, 9.17) is 5.73 Å². The predicted molar refractivity (Wildman–Crippen MR) is 52.6 cm³/mol. The molecule has 0 rings (SSSR count). The fraction of sp³-hybridized carbons (Fsp3) is 0.750. The molecule has 0 heterocycles. The van der Waals surface area contributed by atoms with E-state index >= 15 is 0 Å². The first kappa shape index (κ1) is 12.4. The highest BCUT2D eigenvalue weighted by atomic mass is 32.2. The van der Waals surface area contributed by atoms with Gasteiger partial charge in [-0.3, -0.25) is 9.59 Å². The second-order valence-electron chi connectivity index (χ2n) is 2.70. The number of Topliss-reactive ketones (excluding diaryl/α,β-unsaturated/α-hetero) is 1. The number of esters is 1. The van der Waals surface area contributed by atoms with Gasteiger partial charge in [-0.15, -0.1) is 0 Å². The summed E-state index contributed by atoms with van der Waals surface area (Å²) in [5.74, 6) is 0.144. The lowest BCUT2D eigenvalue weighted by atomic mass is 10.2. The molecule has 0 aliphatic carbocycles. The molecule has 0 saturated heterocycles. The predicted octanol–water partition coefficient (Wildman–Crippen LogP) is 0.199. The van der Waals surface area contributed by atoms with Gasteiger partial charge in [-0.25, -0.2) is 0 Å². The van der Waals surface area contributed by atoms with Gasteiger partial charge >= 0.3 is 5.97 Å². The molecule has 76 valence electrons. The van der Waals surface area contributed by atoms with Crippen molar-refractivity contribution < 1.29 is 14.3 Å². The van der Waals surface area contributed by atoms with Gasteiger partial charge in [0.15, 0.2) is 5.78 Å². The minimum Gasteiger partial charge on any atom is -0.457 e. The fourth-order valence-corrected chi connectivity index (χ4v) is 1.13. The molecule has 2 N–H and O–H groups in total. The number of hydrogen-bond acceptors (Lipinski definition) is 5. The van der Waals surface area contributed by atoms with E-state index in [1.54, 1.807) is 11.8 Å². The standard InChI is InChI=1S/C8H15NO3S/c1-6(10)5-12-8(11)7(9)3-4-13-2/h7H,3-5,9H2,1-2H3/t7-/m0/s1. The molecule has 0 aromatic heterocycles. The Kier molecular flexibility index (Phi) is 6.62. The summed E-state index contributed by atoms with van der Waals surface area (Å²) in [6.07, 6.45) is 2.52. The highest BCUT2D eigenvalue weighted by Crippen LogP contribution is 2.00. The summed E-state index contributed by atoms with van der Waals surface area (Å²) in [5.41, 5.74) is 5.49. The van der Waals surface area contributed by atoms with E-state index in [1.165, 1.54) is 6.92 Å². The first-order valence-corrected chi connectivity index (χ1v) is 5.38. The number of carbonyl (C=O) groups is 2. The summed E-state index contributed by atoms with van der Waals surface area (Å²) < 4.78 is 4.64. The van der Waals surface area contributed by atoms with Crippen molar-refractivity contribution in [1.82, 2.24) is 0 Å². The van der Waals surface area contributed by atoms with Gasteiger partial charge in [-0.05, 0) is 25.4 Å². The van der Waals surface area contributed by atoms with E-state index < -0.39 is 12.0 Å². The van der Waals surface area contributed by atoms with Crippen LogP contribution in [0.3, 0.4) is 0 Å². The Balaban J connectivity index is 3.63. The molecule has 0 saturated carbocycles. The van der Waals surface area contributed by atoms with E-state index in [9.17, 15) is 9.59 Å². The average molecular weight is 205 g/mol. The van der Waals surface area contributed by atoms with Crippen molar-refractivity contribution in [2.75, 3.05) is 18.6 Å². The molecule has 4 nitrogen and oxygen atoms in total. The molecule has 0 bridgehead atoms. The number of ketones is 1. The van der Waals surface area contributed by atoms with E-state index in [-0.39, 0.29) is 12.4 Å². The maximum atomic E-state index is 11.0. The van der Waals surface area contributed by atoms with Crippen LogP contribution in [0.1, 0.15) is 13.3 Å². The summed E-state index contributed by atoms with van der Waals surface area (Å²) in [6.45, 7) is 1.19. The van der Waals surface area contributed by atoms with Crippen molar-refractivity contribution in [2.45, 2.75) is 19.4 Å². The molecule has 0 amide bonds. The first-order valence-electron chi connectivity index (χ1n) is 3.98. The number of carbonyl (C=O) groups excluding carboxylic acids is 2. The largest absolute Gasteiger partial charge is 0.457 e. The number of ether oxygens (including phenoxy) is 1. The molecule has 5 heteroatoms. The van der Waals surface area contributed by atoms with Crippen LogP contribution in [0.25, 0.3) is 0 Å². The van der Waals surface area contributed by atoms with Crippen molar-refractivity contribution in [3.63, 3.8) is 0 Å². The Morgan fingerprint density at radius 1 is 1.54 bits per heavy atom. The van der Waals surface area contributed by atoms with E-state index in [0.717, 1.165) is 5.75 Å². The van der Waals surface area contributed by atoms with E-state index in [0.29, 0.717) is 6.42 Å². The van der Waals surface area contributed by atoms with Gasteiger partial charge in [0, 0.05) is 0 Å². The summed E-state index contributed by atoms with van der Waals surface area (Å²) >= 11 is 1.62. The van der Waals surface area contributed by atoms with Crippen molar-refractivity contribution in [3.8, 4) is 0 Å². The summed E-state index contributed by atoms with van der Waals surface area (Å²) in [5, 5.41) is 0. The van der Waals surface area contributed by atoms with Gasteiger partial charge in [0.1, 0.15) is 12.6 Å². The zero-order valence-corrected chi connectivity index (χ0v) is 8.73. The van der Waals surface area contributed by atoms with Gasteiger partial charge < -0.3 is 10.5 Å². The fourth-order valence-electron chi connectivity index (χ4n) is 0.642. The van der Waals surface area contributed by atoms with Crippen LogP contribution in [0.5, 0.6) is 0 Å². The summed E-state index contributed by atoms with van der Waals surface area (Å²) in [4.78, 5) is 21.5. The molecule has 0 radical (unpaired) electrons. The van der Waals surface area contributed by atoms with E-state index in [1.807, 2.05) is 6.26 Å². The van der Waals surface area contributed by atoms with Crippen LogP contribution in [0.15, 0.2) is 0 Å².